The van der Waals surface area contributed by atoms with Crippen LogP contribution in [0.3, 0.4) is 0 Å². The molecule has 0 saturated heterocycles. The van der Waals surface area contributed by atoms with Crippen molar-refractivity contribution < 1.29 is 18.6 Å². The molecular formula is C8H8FNO3. The highest BCUT2D eigenvalue weighted by atomic mass is 19.1. The Morgan fingerprint density at radius 2 is 2.15 bits per heavy atom. The smallest absolute Gasteiger partial charge is 0.423 e. The molecule has 0 aliphatic carbocycles. The highest BCUT2D eigenvalue weighted by Gasteiger charge is 2.25. The molecule has 0 saturated carbocycles. The zero-order valence-electron chi connectivity index (χ0n) is 7.04. The normalized spacial score (nSPS) is 14.3. The Hall–Kier alpha value is -1.52. The van der Waals surface area contributed by atoms with E-state index < -0.39 is 5.82 Å². The van der Waals surface area contributed by atoms with E-state index in [-0.39, 0.29) is 17.3 Å². The Kier molecular flexibility index (Phi) is 1.72. The van der Waals surface area contributed by atoms with Crippen LogP contribution in [0.5, 0.6) is 11.6 Å². The van der Waals surface area contributed by atoms with E-state index in [0.717, 1.165) is 6.07 Å². The fourth-order valence-electron chi connectivity index (χ4n) is 1.15. The largest absolute Gasteiger partial charge is 0.616 e. The van der Waals surface area contributed by atoms with Gasteiger partial charge in [0, 0.05) is 13.0 Å². The van der Waals surface area contributed by atoms with Gasteiger partial charge in [0.15, 0.2) is 5.82 Å². The van der Waals surface area contributed by atoms with E-state index >= 15 is 0 Å². The van der Waals surface area contributed by atoms with Crippen LogP contribution in [0.1, 0.15) is 5.69 Å². The number of ether oxygens (including phenoxy) is 2. The Balaban J connectivity index is 2.60. The number of nitrogens with zero attached hydrogens (tertiary/aromatic N) is 1. The molecule has 70 valence electrons. The molecule has 0 N–H and O–H groups in total. The molecule has 1 aliphatic rings. The van der Waals surface area contributed by atoms with Gasteiger partial charge in [0.1, 0.15) is 13.2 Å². The van der Waals surface area contributed by atoms with Gasteiger partial charge >= 0.3 is 5.88 Å². The fourth-order valence-corrected chi connectivity index (χ4v) is 1.15. The molecule has 0 bridgehead atoms. The summed E-state index contributed by atoms with van der Waals surface area (Å²) in [5.74, 6) is -0.367. The lowest BCUT2D eigenvalue weighted by molar-refractivity contribution is -0.622. The van der Waals surface area contributed by atoms with Gasteiger partial charge in [0.25, 0.3) is 0 Å². The molecule has 13 heavy (non-hydrogen) atoms. The van der Waals surface area contributed by atoms with E-state index in [0.29, 0.717) is 17.9 Å². The van der Waals surface area contributed by atoms with E-state index in [1.807, 2.05) is 0 Å². The van der Waals surface area contributed by atoms with Gasteiger partial charge < -0.3 is 14.7 Å². The van der Waals surface area contributed by atoms with Crippen LogP contribution in [0.25, 0.3) is 0 Å². The van der Waals surface area contributed by atoms with Crippen molar-refractivity contribution in [1.82, 2.24) is 0 Å². The molecule has 2 rings (SSSR count). The average Bonchev–Trinajstić information content (AvgIpc) is 2.15. The molecule has 0 spiro atoms. The highest BCUT2D eigenvalue weighted by molar-refractivity contribution is 5.32. The van der Waals surface area contributed by atoms with Gasteiger partial charge in [-0.1, -0.05) is 0 Å². The van der Waals surface area contributed by atoms with Crippen LogP contribution in [-0.4, -0.2) is 13.2 Å². The van der Waals surface area contributed by atoms with Crippen molar-refractivity contribution in [3.05, 3.63) is 22.8 Å². The fraction of sp³-hybridized carbons (Fsp3) is 0.375. The molecule has 1 aromatic heterocycles. The number of pyridine rings is 1. The third-order valence-electron chi connectivity index (χ3n) is 1.88. The first kappa shape index (κ1) is 8.10. The summed E-state index contributed by atoms with van der Waals surface area (Å²) in [5.41, 5.74) is -0.00995. The molecular weight excluding hydrogens is 177 g/mol. The van der Waals surface area contributed by atoms with Crippen molar-refractivity contribution in [1.29, 1.82) is 0 Å². The van der Waals surface area contributed by atoms with Gasteiger partial charge in [-0.2, -0.15) is 4.39 Å². The summed E-state index contributed by atoms with van der Waals surface area (Å²) in [7, 11) is 0. The molecule has 0 unspecified atom stereocenters. The molecule has 0 fully saturated rings. The third kappa shape index (κ3) is 1.16. The van der Waals surface area contributed by atoms with Crippen LogP contribution >= 0.6 is 0 Å². The minimum atomic E-state index is -0.584. The van der Waals surface area contributed by atoms with Gasteiger partial charge in [0.2, 0.25) is 11.4 Å². The van der Waals surface area contributed by atoms with Crippen molar-refractivity contribution in [2.24, 2.45) is 0 Å². The number of aromatic nitrogens is 1. The van der Waals surface area contributed by atoms with Crippen molar-refractivity contribution in [2.75, 3.05) is 13.2 Å². The number of rotatable bonds is 0. The topological polar surface area (TPSA) is 45.4 Å². The Morgan fingerprint density at radius 1 is 1.46 bits per heavy atom. The Labute approximate surface area is 74.1 Å². The van der Waals surface area contributed by atoms with E-state index in [9.17, 15) is 9.60 Å². The number of hydrogen-bond donors (Lipinski definition) is 0. The lowest BCUT2D eigenvalue weighted by atomic mass is 10.3. The lowest BCUT2D eigenvalue weighted by Gasteiger charge is -2.17. The van der Waals surface area contributed by atoms with E-state index in [1.54, 1.807) is 0 Å². The SMILES string of the molecule is Cc1c(F)cc2c([n+]1[O-])OCCO2. The molecule has 1 aromatic rings. The zero-order chi connectivity index (χ0) is 9.42. The minimum Gasteiger partial charge on any atom is -0.616 e. The second kappa shape index (κ2) is 2.76. The molecule has 5 heteroatoms. The number of hydrogen-bond acceptors (Lipinski definition) is 3. The van der Waals surface area contributed by atoms with Crippen molar-refractivity contribution in [2.45, 2.75) is 6.92 Å². The first-order chi connectivity index (χ1) is 6.20. The van der Waals surface area contributed by atoms with Gasteiger partial charge in [-0.25, -0.2) is 0 Å². The summed E-state index contributed by atoms with van der Waals surface area (Å²) in [5, 5.41) is 11.3. The molecule has 0 radical (unpaired) electrons. The summed E-state index contributed by atoms with van der Waals surface area (Å²) in [4.78, 5) is 0. The van der Waals surface area contributed by atoms with Gasteiger partial charge in [-0.3, -0.25) is 0 Å². The van der Waals surface area contributed by atoms with E-state index in [4.69, 9.17) is 9.47 Å². The number of fused-ring (bicyclic) bond motifs is 1. The molecule has 4 nitrogen and oxygen atoms in total. The first-order valence-corrected chi connectivity index (χ1v) is 3.88. The summed E-state index contributed by atoms with van der Waals surface area (Å²) >= 11 is 0. The first-order valence-electron chi connectivity index (χ1n) is 3.88. The highest BCUT2D eigenvalue weighted by Crippen LogP contribution is 2.27. The molecule has 1 aliphatic heterocycles. The van der Waals surface area contributed by atoms with E-state index in [1.165, 1.54) is 6.92 Å². The predicted molar refractivity (Wildman–Crippen MR) is 41.1 cm³/mol. The molecule has 0 aromatic carbocycles. The maximum absolute atomic E-state index is 13.0. The zero-order valence-corrected chi connectivity index (χ0v) is 7.04. The summed E-state index contributed by atoms with van der Waals surface area (Å²) in [6.07, 6.45) is 0. The van der Waals surface area contributed by atoms with Crippen molar-refractivity contribution >= 4 is 0 Å². The van der Waals surface area contributed by atoms with Gasteiger partial charge in [-0.05, 0) is 0 Å². The van der Waals surface area contributed by atoms with Crippen LogP contribution < -0.4 is 14.2 Å². The number of halogens is 1. The van der Waals surface area contributed by atoms with Crippen molar-refractivity contribution in [3.63, 3.8) is 0 Å². The molecule has 0 atom stereocenters. The van der Waals surface area contributed by atoms with Crippen molar-refractivity contribution in [3.8, 4) is 11.6 Å². The summed E-state index contributed by atoms with van der Waals surface area (Å²) < 4.78 is 23.5. The van der Waals surface area contributed by atoms with Crippen LogP contribution in [0.2, 0.25) is 0 Å². The summed E-state index contributed by atoms with van der Waals surface area (Å²) in [6.45, 7) is 2.05. The molecule has 2 heterocycles. The molecule has 0 amide bonds. The monoisotopic (exact) mass is 185 g/mol. The van der Waals surface area contributed by atoms with Gasteiger partial charge in [0.05, 0.1) is 0 Å². The van der Waals surface area contributed by atoms with Crippen LogP contribution in [0, 0.1) is 17.9 Å². The Morgan fingerprint density at radius 3 is 2.92 bits per heavy atom. The predicted octanol–water partition coefficient (Wildman–Crippen LogP) is 0.539. The maximum atomic E-state index is 13.0. The minimum absolute atomic E-state index is 0.00995. The van der Waals surface area contributed by atoms with Crippen LogP contribution in [0.15, 0.2) is 6.07 Å². The second-order valence-electron chi connectivity index (χ2n) is 2.74. The maximum Gasteiger partial charge on any atom is 0.423 e. The van der Waals surface area contributed by atoms with E-state index in [2.05, 4.69) is 0 Å². The third-order valence-corrected chi connectivity index (χ3v) is 1.88. The average molecular weight is 185 g/mol. The van der Waals surface area contributed by atoms with Crippen LogP contribution in [0.4, 0.5) is 4.39 Å². The van der Waals surface area contributed by atoms with Gasteiger partial charge in [-0.15, -0.1) is 4.73 Å². The lowest BCUT2D eigenvalue weighted by Crippen LogP contribution is -2.37. The second-order valence-corrected chi connectivity index (χ2v) is 2.74. The summed E-state index contributed by atoms with van der Waals surface area (Å²) in [6, 6.07) is 1.16. The Bertz CT molecular complexity index is 354. The quantitative estimate of drug-likeness (QED) is 0.437. The standard InChI is InChI=1S/C8H8FNO3/c1-5-6(9)4-7-8(10(5)11)13-3-2-12-7/h4H,2-3H2,1H3. The van der Waals surface area contributed by atoms with Crippen LogP contribution in [-0.2, 0) is 0 Å².